The monoisotopic (exact) mass is 210 g/mol. The molecule has 88 valence electrons. The Morgan fingerprint density at radius 1 is 1.00 bits per heavy atom. The van der Waals surface area contributed by atoms with Crippen LogP contribution in [-0.2, 0) is 0 Å². The lowest BCUT2D eigenvalue weighted by Crippen LogP contribution is -2.49. The van der Waals surface area contributed by atoms with E-state index in [4.69, 9.17) is 0 Å². The molecule has 2 heteroatoms. The predicted molar refractivity (Wildman–Crippen MR) is 65.1 cm³/mol. The maximum atomic E-state index is 3.88. The fourth-order valence-corrected chi connectivity index (χ4v) is 3.08. The van der Waals surface area contributed by atoms with E-state index < -0.39 is 0 Å². The normalized spacial score (nSPS) is 30.6. The highest BCUT2D eigenvalue weighted by Crippen LogP contribution is 2.19. The maximum absolute atomic E-state index is 3.88. The number of nitrogens with zero attached hydrogens (tertiary/aromatic N) is 1. The SMILES string of the molecule is CCN1CCCC(NC2CCCCC2)C1. The summed E-state index contributed by atoms with van der Waals surface area (Å²) < 4.78 is 0. The first-order valence-corrected chi connectivity index (χ1v) is 6.87. The molecular weight excluding hydrogens is 184 g/mol. The van der Waals surface area contributed by atoms with E-state index in [0.717, 1.165) is 12.1 Å². The van der Waals surface area contributed by atoms with E-state index in [0.29, 0.717) is 0 Å². The number of likely N-dealkylation sites (tertiary alicyclic amines) is 1. The van der Waals surface area contributed by atoms with Crippen LogP contribution in [0.1, 0.15) is 51.9 Å². The highest BCUT2D eigenvalue weighted by molar-refractivity contribution is 4.82. The second-order valence-corrected chi connectivity index (χ2v) is 5.23. The van der Waals surface area contributed by atoms with Gasteiger partial charge in [0.1, 0.15) is 0 Å². The Morgan fingerprint density at radius 3 is 2.47 bits per heavy atom. The average Bonchev–Trinajstić information content (AvgIpc) is 2.31. The fourth-order valence-electron chi connectivity index (χ4n) is 3.08. The molecule has 0 bridgehead atoms. The molecule has 1 atom stereocenters. The summed E-state index contributed by atoms with van der Waals surface area (Å²) in [6, 6.07) is 1.61. The molecular formula is C13H26N2. The Bertz CT molecular complexity index is 175. The van der Waals surface area contributed by atoms with Gasteiger partial charge in [0.2, 0.25) is 0 Å². The third-order valence-electron chi connectivity index (χ3n) is 4.03. The molecule has 0 spiro atoms. The third-order valence-corrected chi connectivity index (χ3v) is 4.03. The zero-order valence-corrected chi connectivity index (χ0v) is 10.2. The van der Waals surface area contributed by atoms with Gasteiger partial charge in [-0.1, -0.05) is 26.2 Å². The Kier molecular flexibility index (Phi) is 4.45. The summed E-state index contributed by atoms with van der Waals surface area (Å²) in [6.45, 7) is 6.11. The van der Waals surface area contributed by atoms with E-state index in [1.807, 2.05) is 0 Å². The van der Waals surface area contributed by atoms with Crippen LogP contribution in [0.25, 0.3) is 0 Å². The van der Waals surface area contributed by atoms with Crippen molar-refractivity contribution in [1.29, 1.82) is 0 Å². The fraction of sp³-hybridized carbons (Fsp3) is 1.00. The van der Waals surface area contributed by atoms with Crippen LogP contribution >= 0.6 is 0 Å². The molecule has 0 amide bonds. The molecule has 1 heterocycles. The molecule has 0 radical (unpaired) electrons. The number of hydrogen-bond donors (Lipinski definition) is 1. The minimum atomic E-state index is 0.779. The van der Waals surface area contributed by atoms with Crippen LogP contribution in [0.3, 0.4) is 0 Å². The summed E-state index contributed by atoms with van der Waals surface area (Å²) in [7, 11) is 0. The van der Waals surface area contributed by atoms with Crippen molar-refractivity contribution in [3.63, 3.8) is 0 Å². The summed E-state index contributed by atoms with van der Waals surface area (Å²) in [5.41, 5.74) is 0. The van der Waals surface area contributed by atoms with Crippen molar-refractivity contribution in [3.8, 4) is 0 Å². The molecule has 0 aromatic heterocycles. The van der Waals surface area contributed by atoms with Crippen molar-refractivity contribution >= 4 is 0 Å². The maximum Gasteiger partial charge on any atom is 0.0198 e. The van der Waals surface area contributed by atoms with Gasteiger partial charge in [-0.15, -0.1) is 0 Å². The summed E-state index contributed by atoms with van der Waals surface area (Å²) in [5.74, 6) is 0. The van der Waals surface area contributed by atoms with Gasteiger partial charge < -0.3 is 10.2 Å². The van der Waals surface area contributed by atoms with Gasteiger partial charge in [-0.05, 0) is 38.8 Å². The second kappa shape index (κ2) is 5.86. The molecule has 1 N–H and O–H groups in total. The molecule has 1 saturated heterocycles. The van der Waals surface area contributed by atoms with E-state index in [1.54, 1.807) is 0 Å². The first-order chi connectivity index (χ1) is 7.38. The summed E-state index contributed by atoms with van der Waals surface area (Å²) >= 11 is 0. The lowest BCUT2D eigenvalue weighted by molar-refractivity contribution is 0.182. The zero-order chi connectivity index (χ0) is 10.5. The van der Waals surface area contributed by atoms with E-state index in [2.05, 4.69) is 17.1 Å². The number of piperidine rings is 1. The summed E-state index contributed by atoms with van der Waals surface area (Å²) in [4.78, 5) is 2.59. The Labute approximate surface area is 94.4 Å². The van der Waals surface area contributed by atoms with Crippen LogP contribution < -0.4 is 5.32 Å². The molecule has 1 unspecified atom stereocenters. The van der Waals surface area contributed by atoms with E-state index >= 15 is 0 Å². The van der Waals surface area contributed by atoms with Crippen LogP contribution in [-0.4, -0.2) is 36.6 Å². The van der Waals surface area contributed by atoms with Crippen molar-refractivity contribution in [2.75, 3.05) is 19.6 Å². The first kappa shape index (κ1) is 11.4. The number of nitrogens with one attached hydrogen (secondary N) is 1. The Hall–Kier alpha value is -0.0800. The summed E-state index contributed by atoms with van der Waals surface area (Å²) in [6.07, 6.45) is 9.98. The number of rotatable bonds is 3. The zero-order valence-electron chi connectivity index (χ0n) is 10.2. The molecule has 0 aromatic rings. The van der Waals surface area contributed by atoms with Gasteiger partial charge in [-0.3, -0.25) is 0 Å². The van der Waals surface area contributed by atoms with E-state index in [1.165, 1.54) is 64.6 Å². The predicted octanol–water partition coefficient (Wildman–Crippen LogP) is 2.39. The second-order valence-electron chi connectivity index (χ2n) is 5.23. The van der Waals surface area contributed by atoms with Crippen LogP contribution in [0.5, 0.6) is 0 Å². The van der Waals surface area contributed by atoms with E-state index in [9.17, 15) is 0 Å². The molecule has 1 aliphatic carbocycles. The quantitative estimate of drug-likeness (QED) is 0.769. The Morgan fingerprint density at radius 2 is 1.73 bits per heavy atom. The Balaban J connectivity index is 1.72. The highest BCUT2D eigenvalue weighted by atomic mass is 15.2. The highest BCUT2D eigenvalue weighted by Gasteiger charge is 2.22. The average molecular weight is 210 g/mol. The third kappa shape index (κ3) is 3.46. The standard InChI is InChI=1S/C13H26N2/c1-2-15-10-6-9-13(11-15)14-12-7-4-3-5-8-12/h12-14H,2-11H2,1H3. The van der Waals surface area contributed by atoms with Gasteiger partial charge in [-0.2, -0.15) is 0 Å². The van der Waals surface area contributed by atoms with Crippen LogP contribution in [0, 0.1) is 0 Å². The number of likely N-dealkylation sites (N-methyl/N-ethyl adjacent to an activating group) is 1. The topological polar surface area (TPSA) is 15.3 Å². The molecule has 2 nitrogen and oxygen atoms in total. The van der Waals surface area contributed by atoms with Crippen molar-refractivity contribution in [1.82, 2.24) is 10.2 Å². The smallest absolute Gasteiger partial charge is 0.0198 e. The lowest BCUT2D eigenvalue weighted by Gasteiger charge is -2.35. The molecule has 15 heavy (non-hydrogen) atoms. The molecule has 1 aliphatic heterocycles. The minimum Gasteiger partial charge on any atom is -0.310 e. The number of hydrogen-bond acceptors (Lipinski definition) is 2. The van der Waals surface area contributed by atoms with Crippen LogP contribution in [0.4, 0.5) is 0 Å². The van der Waals surface area contributed by atoms with Gasteiger partial charge >= 0.3 is 0 Å². The molecule has 0 aromatic carbocycles. The largest absolute Gasteiger partial charge is 0.310 e. The lowest BCUT2D eigenvalue weighted by atomic mass is 9.94. The summed E-state index contributed by atoms with van der Waals surface area (Å²) in [5, 5.41) is 3.88. The van der Waals surface area contributed by atoms with Crippen LogP contribution in [0.2, 0.25) is 0 Å². The van der Waals surface area contributed by atoms with Gasteiger partial charge in [-0.25, -0.2) is 0 Å². The van der Waals surface area contributed by atoms with Crippen molar-refractivity contribution in [3.05, 3.63) is 0 Å². The van der Waals surface area contributed by atoms with E-state index in [-0.39, 0.29) is 0 Å². The van der Waals surface area contributed by atoms with Gasteiger partial charge in [0.15, 0.2) is 0 Å². The minimum absolute atomic E-state index is 0.779. The molecule has 2 fully saturated rings. The van der Waals surface area contributed by atoms with Crippen LogP contribution in [0.15, 0.2) is 0 Å². The first-order valence-electron chi connectivity index (χ1n) is 6.87. The van der Waals surface area contributed by atoms with Crippen molar-refractivity contribution < 1.29 is 0 Å². The van der Waals surface area contributed by atoms with Gasteiger partial charge in [0, 0.05) is 18.6 Å². The molecule has 1 saturated carbocycles. The van der Waals surface area contributed by atoms with Crippen molar-refractivity contribution in [2.45, 2.75) is 64.0 Å². The van der Waals surface area contributed by atoms with Crippen molar-refractivity contribution in [2.24, 2.45) is 0 Å². The molecule has 2 aliphatic rings. The molecule has 2 rings (SSSR count). The van der Waals surface area contributed by atoms with Gasteiger partial charge in [0.05, 0.1) is 0 Å². The van der Waals surface area contributed by atoms with Gasteiger partial charge in [0.25, 0.3) is 0 Å².